The van der Waals surface area contributed by atoms with Gasteiger partial charge in [-0.1, -0.05) is 41.9 Å². The number of carbonyl (C=O) groups is 5. The van der Waals surface area contributed by atoms with Crippen LogP contribution < -0.4 is 15.0 Å². The Balaban J connectivity index is 0.000000312. The van der Waals surface area contributed by atoms with Crippen molar-refractivity contribution in [2.24, 2.45) is 0 Å². The molecule has 4 N–H and O–H groups in total. The summed E-state index contributed by atoms with van der Waals surface area (Å²) in [5.74, 6) is -3.94. The number of rotatable bonds is 21. The van der Waals surface area contributed by atoms with Gasteiger partial charge in [-0.15, -0.1) is 11.6 Å². The molecule has 32 heteroatoms. The highest BCUT2D eigenvalue weighted by molar-refractivity contribution is 7.90. The minimum atomic E-state index is -4.71. The fourth-order valence-corrected chi connectivity index (χ4v) is 9.00. The van der Waals surface area contributed by atoms with Gasteiger partial charge in [0, 0.05) is 37.0 Å². The molecule has 84 heavy (non-hydrogen) atoms. The fourth-order valence-electron chi connectivity index (χ4n) is 7.35. The van der Waals surface area contributed by atoms with Gasteiger partial charge in [0.05, 0.1) is 75.5 Å². The number of methoxy groups -OCH3 is 1. The molecule has 5 aromatic rings. The Morgan fingerprint density at radius 3 is 2.07 bits per heavy atom. The quantitative estimate of drug-likeness (QED) is 0.0101. The van der Waals surface area contributed by atoms with Crippen LogP contribution in [0.1, 0.15) is 101 Å². The molecule has 6 rings (SSSR count). The molecule has 1 heterocycles. The van der Waals surface area contributed by atoms with Crippen molar-refractivity contribution in [1.82, 2.24) is 10.5 Å². The number of carboxylic acid groups (broad SMARTS) is 1. The van der Waals surface area contributed by atoms with Crippen LogP contribution in [0.25, 0.3) is 0 Å². The van der Waals surface area contributed by atoms with Gasteiger partial charge in [0.15, 0.2) is 27.5 Å². The number of amides is 1. The number of ether oxygens (including phenoxy) is 4. The predicted octanol–water partition coefficient (Wildman–Crippen LogP) is 10.3. The Kier molecular flexibility index (Phi) is 26.5. The first kappa shape index (κ1) is 71.3. The molecule has 1 aliphatic rings. The molecule has 0 aliphatic heterocycles. The Labute approximate surface area is 486 Å². The highest BCUT2D eigenvalue weighted by Gasteiger charge is 2.37. The summed E-state index contributed by atoms with van der Waals surface area (Å²) < 4.78 is 136. The number of aromatic nitrogens is 1. The lowest BCUT2D eigenvalue weighted by molar-refractivity contribution is -0.385. The van der Waals surface area contributed by atoms with Gasteiger partial charge >= 0.3 is 37.9 Å². The second-order valence-corrected chi connectivity index (χ2v) is 22.3. The minimum absolute atomic E-state index is 0.0223. The van der Waals surface area contributed by atoms with Crippen molar-refractivity contribution in [3.63, 3.8) is 0 Å². The van der Waals surface area contributed by atoms with Crippen molar-refractivity contribution >= 4 is 81.6 Å². The standard InChI is InChI=1S/C19H15ClF3NO7.C15H22ClNO2.C15H12F3NO4S.C3H8NO5P/c1-3-29-17(25)10(2)30-18(26)13-9-12(5-6-15(13)24(27)28)31-16-7-4-11(8-14(16)20)19(21,22)23;1-5-13-8-6-7-11(2)15(13)17(14(18)9-16)12(3)10-19-4;1-24(21,22)12-6-9(15(16,17)18)4-5-10(12)13(20)11-7-19-23-14(11)8-2-3-8;5-3(6)1-4-2-10(7,8)9/h4-10H,3H2,1-2H3;6-8,12H,5,9-10H2,1-4H3;4-8H,2-3H2,1H3;4H,1-2H2,(H,5,6)(H2,7,8,9). The zero-order valence-electron chi connectivity index (χ0n) is 45.6. The lowest BCUT2D eigenvalue weighted by atomic mass is 10.0. The van der Waals surface area contributed by atoms with Gasteiger partial charge in [-0.05, 0) is 101 Å². The molecule has 0 saturated heterocycles. The summed E-state index contributed by atoms with van der Waals surface area (Å²) in [5.41, 5.74) is -0.327. The van der Waals surface area contributed by atoms with Crippen LogP contribution in [0.15, 0.2) is 88.4 Å². The first-order chi connectivity index (χ1) is 39.0. The molecular formula is C52H57Cl2F6N4O18PS. The van der Waals surface area contributed by atoms with E-state index in [1.165, 1.54) is 13.1 Å². The van der Waals surface area contributed by atoms with Crippen LogP contribution in [0.2, 0.25) is 5.02 Å². The van der Waals surface area contributed by atoms with E-state index in [1.807, 2.05) is 26.0 Å². The number of aryl methyl sites for hydroxylation is 2. The van der Waals surface area contributed by atoms with E-state index in [2.05, 4.69) is 23.5 Å². The molecule has 460 valence electrons. The Morgan fingerprint density at radius 2 is 1.56 bits per heavy atom. The van der Waals surface area contributed by atoms with Crippen molar-refractivity contribution in [2.75, 3.05) is 50.2 Å². The molecule has 4 aromatic carbocycles. The van der Waals surface area contributed by atoms with Crippen LogP contribution in [0, 0.1) is 17.0 Å². The fraction of sp³-hybridized carbons (Fsp3) is 0.385. The van der Waals surface area contributed by atoms with Crippen molar-refractivity contribution in [1.29, 1.82) is 0 Å². The number of aliphatic carboxylic acids is 1. The van der Waals surface area contributed by atoms with E-state index in [1.54, 1.807) is 18.9 Å². The van der Waals surface area contributed by atoms with Crippen molar-refractivity contribution < 1.29 is 107 Å². The van der Waals surface area contributed by atoms with Gasteiger partial charge in [0.1, 0.15) is 22.9 Å². The summed E-state index contributed by atoms with van der Waals surface area (Å²) in [6.07, 6.45) is -6.81. The maximum Gasteiger partial charge on any atom is 0.416 e. The largest absolute Gasteiger partial charge is 0.480 e. The summed E-state index contributed by atoms with van der Waals surface area (Å²) in [5, 5.41) is 24.5. The number of nitro benzene ring substituents is 1. The number of halogens is 8. The first-order valence-corrected chi connectivity index (χ1v) is 29.1. The molecule has 2 atom stereocenters. The van der Waals surface area contributed by atoms with Crippen LogP contribution in [0.3, 0.4) is 0 Å². The molecule has 0 radical (unpaired) electrons. The summed E-state index contributed by atoms with van der Waals surface area (Å²) in [4.78, 5) is 86.5. The number of sulfone groups is 1. The van der Waals surface area contributed by atoms with E-state index in [4.69, 9.17) is 61.6 Å². The first-order valence-electron chi connectivity index (χ1n) is 24.5. The van der Waals surface area contributed by atoms with Crippen molar-refractivity contribution in [2.45, 2.75) is 89.2 Å². The topological polar surface area (TPSA) is 319 Å². The average Bonchev–Trinajstić information content (AvgIpc) is 3.51. The number of benzene rings is 4. The molecule has 2 unspecified atom stereocenters. The number of carbonyl (C=O) groups excluding carboxylic acids is 4. The third-order valence-corrected chi connectivity index (χ3v) is 13.6. The van der Waals surface area contributed by atoms with Crippen molar-refractivity contribution in [3.05, 3.63) is 139 Å². The van der Waals surface area contributed by atoms with Crippen LogP contribution >= 0.6 is 30.8 Å². The molecule has 1 amide bonds. The van der Waals surface area contributed by atoms with Crippen LogP contribution in [0.5, 0.6) is 11.5 Å². The molecule has 1 fully saturated rings. The van der Waals surface area contributed by atoms with Gasteiger partial charge in [0.25, 0.3) is 5.69 Å². The second-order valence-electron chi connectivity index (χ2n) is 17.9. The zero-order valence-corrected chi connectivity index (χ0v) is 48.8. The Morgan fingerprint density at radius 1 is 0.940 bits per heavy atom. The number of hydrogen-bond donors (Lipinski definition) is 4. The molecular weight excluding hydrogens is 1220 g/mol. The number of hydrogen-bond acceptors (Lipinski definition) is 17. The SMILES string of the molecule is CCOC(=O)C(C)OC(=O)c1cc(Oc2ccc(C(F)(F)F)cc2Cl)ccc1[N+](=O)[O-].CCc1cccc(C)c1N(C(=O)CCl)C(C)COC.CS(=O)(=O)c1cc(C(F)(F)F)ccc1C(=O)c1cnoc1C1CC1.O=C(O)CNCP(=O)(O)O. The molecule has 22 nitrogen and oxygen atoms in total. The van der Waals surface area contributed by atoms with Crippen LogP contribution in [-0.4, -0.2) is 120 Å². The number of para-hydroxylation sites is 1. The average molecular weight is 1270 g/mol. The summed E-state index contributed by atoms with van der Waals surface area (Å²) >= 11 is 11.6. The molecule has 1 aromatic heterocycles. The monoisotopic (exact) mass is 1270 g/mol. The van der Waals surface area contributed by atoms with E-state index in [-0.39, 0.29) is 58.0 Å². The highest BCUT2D eigenvalue weighted by Crippen LogP contribution is 2.43. The van der Waals surface area contributed by atoms with Crippen molar-refractivity contribution in [3.8, 4) is 11.5 Å². The number of nitro groups is 1. The molecule has 1 saturated carbocycles. The Bertz CT molecular complexity index is 3320. The number of ketones is 1. The number of alkyl halides is 7. The maximum atomic E-state index is 12.8. The number of anilines is 1. The number of carboxylic acids is 1. The van der Waals surface area contributed by atoms with E-state index in [9.17, 15) is 73.4 Å². The second kappa shape index (κ2) is 31.2. The molecule has 1 aliphatic carbocycles. The summed E-state index contributed by atoms with van der Waals surface area (Å²) in [6.45, 7) is 8.93. The van der Waals surface area contributed by atoms with Gasteiger partial charge in [-0.2, -0.15) is 26.3 Å². The summed E-state index contributed by atoms with van der Waals surface area (Å²) in [6, 6.07) is 13.5. The third-order valence-electron chi connectivity index (χ3n) is 11.3. The minimum Gasteiger partial charge on any atom is -0.480 e. The van der Waals surface area contributed by atoms with E-state index in [0.717, 1.165) is 78.7 Å². The molecule has 0 bridgehead atoms. The number of esters is 2. The van der Waals surface area contributed by atoms with Gasteiger partial charge < -0.3 is 43.3 Å². The number of nitrogens with zero attached hydrogens (tertiary/aromatic N) is 3. The smallest absolute Gasteiger partial charge is 0.416 e. The van der Waals surface area contributed by atoms with Crippen LogP contribution in [0.4, 0.5) is 37.7 Å². The van der Waals surface area contributed by atoms with E-state index in [0.29, 0.717) is 30.6 Å². The maximum absolute atomic E-state index is 12.8. The highest BCUT2D eigenvalue weighted by atomic mass is 35.5. The van der Waals surface area contributed by atoms with E-state index >= 15 is 0 Å². The summed E-state index contributed by atoms with van der Waals surface area (Å²) in [7, 11) is -6.50. The predicted molar refractivity (Wildman–Crippen MR) is 290 cm³/mol. The van der Waals surface area contributed by atoms with Gasteiger partial charge in [-0.25, -0.2) is 18.0 Å². The lowest BCUT2D eigenvalue weighted by Gasteiger charge is -2.31. The third kappa shape index (κ3) is 21.6. The zero-order chi connectivity index (χ0) is 63.7. The number of nitrogens with one attached hydrogen (secondary N) is 1. The lowest BCUT2D eigenvalue weighted by Crippen LogP contribution is -2.43. The van der Waals surface area contributed by atoms with Gasteiger partial charge in [-0.3, -0.25) is 34.4 Å². The Hall–Kier alpha value is -6.98. The normalized spacial score (nSPS) is 13.0. The van der Waals surface area contributed by atoms with E-state index < -0.39 is 105 Å². The molecule has 0 spiro atoms. The van der Waals surface area contributed by atoms with Crippen LogP contribution in [-0.2, 0) is 61.8 Å². The van der Waals surface area contributed by atoms with Gasteiger partial charge in [0.2, 0.25) is 5.91 Å².